The monoisotopic (exact) mass is 296 g/mol. The van der Waals surface area contributed by atoms with Crippen LogP contribution in [-0.4, -0.2) is 53.8 Å². The average Bonchev–Trinajstić information content (AvgIpc) is 2.77. The van der Waals surface area contributed by atoms with Crippen LogP contribution in [0, 0.1) is 13.8 Å². The van der Waals surface area contributed by atoms with Crippen molar-refractivity contribution in [3.05, 3.63) is 17.0 Å². The van der Waals surface area contributed by atoms with Crippen LogP contribution in [0.4, 0.5) is 4.79 Å². The van der Waals surface area contributed by atoms with E-state index < -0.39 is 12.1 Å². The van der Waals surface area contributed by atoms with E-state index >= 15 is 0 Å². The van der Waals surface area contributed by atoms with Crippen LogP contribution < -0.4 is 5.32 Å². The van der Waals surface area contributed by atoms with E-state index in [1.807, 2.05) is 13.8 Å². The van der Waals surface area contributed by atoms with E-state index in [0.717, 1.165) is 24.2 Å². The molecule has 21 heavy (non-hydrogen) atoms. The van der Waals surface area contributed by atoms with Crippen LogP contribution in [0.1, 0.15) is 30.3 Å². The third-order valence-corrected chi connectivity index (χ3v) is 3.47. The maximum atomic E-state index is 12.1. The Bertz CT molecular complexity index is 479. The molecule has 1 atom stereocenters. The van der Waals surface area contributed by atoms with Gasteiger partial charge in [0.25, 0.3) is 0 Å². The summed E-state index contributed by atoms with van der Waals surface area (Å²) in [6.07, 6.45) is 1.10. The van der Waals surface area contributed by atoms with E-state index in [1.54, 1.807) is 18.9 Å². The van der Waals surface area contributed by atoms with E-state index in [2.05, 4.69) is 20.3 Å². The molecule has 0 fully saturated rings. The van der Waals surface area contributed by atoms with Crippen LogP contribution in [0.5, 0.6) is 0 Å². The largest absolute Gasteiger partial charge is 0.453 e. The number of rotatable bonds is 6. The molecule has 7 nitrogen and oxygen atoms in total. The zero-order valence-electron chi connectivity index (χ0n) is 13.3. The number of amides is 2. The molecule has 118 valence electrons. The van der Waals surface area contributed by atoms with Gasteiger partial charge in [-0.2, -0.15) is 5.10 Å². The Balaban J connectivity index is 2.41. The minimum absolute atomic E-state index is 0.138. The molecule has 1 rings (SSSR count). The van der Waals surface area contributed by atoms with Gasteiger partial charge >= 0.3 is 6.09 Å². The number of hydrogen-bond acceptors (Lipinski definition) is 4. The van der Waals surface area contributed by atoms with Gasteiger partial charge < -0.3 is 15.0 Å². The molecule has 1 aromatic heterocycles. The normalized spacial score (nSPS) is 11.9. The van der Waals surface area contributed by atoms with Gasteiger partial charge in [0.15, 0.2) is 0 Å². The first-order chi connectivity index (χ1) is 9.86. The minimum atomic E-state index is -0.603. The second kappa shape index (κ2) is 7.66. The number of likely N-dealkylation sites (N-methyl/N-ethyl adjacent to an activating group) is 1. The molecule has 0 aliphatic rings. The Morgan fingerprint density at radius 2 is 2.10 bits per heavy atom. The average molecular weight is 296 g/mol. The number of aromatic nitrogens is 2. The summed E-state index contributed by atoms with van der Waals surface area (Å²) in [5.74, 6) is -0.138. The highest BCUT2D eigenvalue weighted by Crippen LogP contribution is 2.12. The van der Waals surface area contributed by atoms with Crippen LogP contribution >= 0.6 is 0 Å². The fourth-order valence-corrected chi connectivity index (χ4v) is 2.17. The lowest BCUT2D eigenvalue weighted by atomic mass is 10.1. The van der Waals surface area contributed by atoms with E-state index in [1.165, 1.54) is 12.7 Å². The van der Waals surface area contributed by atoms with Gasteiger partial charge in [-0.15, -0.1) is 0 Å². The smallest absolute Gasteiger partial charge is 0.407 e. The Morgan fingerprint density at radius 1 is 1.43 bits per heavy atom. The van der Waals surface area contributed by atoms with Crippen molar-refractivity contribution in [2.24, 2.45) is 0 Å². The molecule has 0 saturated carbocycles. The summed E-state index contributed by atoms with van der Waals surface area (Å²) in [4.78, 5) is 24.8. The zero-order valence-corrected chi connectivity index (χ0v) is 13.3. The Hall–Kier alpha value is -2.05. The first-order valence-corrected chi connectivity index (χ1v) is 6.96. The van der Waals surface area contributed by atoms with E-state index in [-0.39, 0.29) is 5.91 Å². The summed E-state index contributed by atoms with van der Waals surface area (Å²) in [5, 5.41) is 9.57. The van der Waals surface area contributed by atoms with Crippen molar-refractivity contribution in [2.45, 2.75) is 39.7 Å². The summed E-state index contributed by atoms with van der Waals surface area (Å²) in [6, 6.07) is -0.597. The predicted octanol–water partition coefficient (Wildman–Crippen LogP) is 1.16. The van der Waals surface area contributed by atoms with Crippen LogP contribution in [0.2, 0.25) is 0 Å². The SMILES string of the molecule is COC(=O)N[C@H](C)C(=O)N(C)CCCc1c(C)n[nH]c1C. The third kappa shape index (κ3) is 4.77. The lowest BCUT2D eigenvalue weighted by Gasteiger charge is -2.21. The molecule has 0 unspecified atom stereocenters. The highest BCUT2D eigenvalue weighted by molar-refractivity contribution is 5.85. The molecule has 0 aliphatic heterocycles. The van der Waals surface area contributed by atoms with Gasteiger partial charge in [-0.1, -0.05) is 0 Å². The van der Waals surface area contributed by atoms with Crippen LogP contribution in [0.25, 0.3) is 0 Å². The quantitative estimate of drug-likeness (QED) is 0.824. The molecule has 0 aliphatic carbocycles. The number of hydrogen-bond donors (Lipinski definition) is 2. The summed E-state index contributed by atoms with van der Waals surface area (Å²) in [7, 11) is 3.00. The molecule has 0 radical (unpaired) electrons. The topological polar surface area (TPSA) is 87.3 Å². The lowest BCUT2D eigenvalue weighted by molar-refractivity contribution is -0.131. The van der Waals surface area contributed by atoms with Crippen molar-refractivity contribution < 1.29 is 14.3 Å². The fraction of sp³-hybridized carbons (Fsp3) is 0.643. The number of carbonyl (C=O) groups is 2. The molecule has 1 heterocycles. The van der Waals surface area contributed by atoms with E-state index in [0.29, 0.717) is 6.54 Å². The van der Waals surface area contributed by atoms with Crippen molar-refractivity contribution in [1.29, 1.82) is 0 Å². The third-order valence-electron chi connectivity index (χ3n) is 3.47. The van der Waals surface area contributed by atoms with Crippen LogP contribution in [0.15, 0.2) is 0 Å². The molecular weight excluding hydrogens is 272 g/mol. The predicted molar refractivity (Wildman–Crippen MR) is 79.0 cm³/mol. The first-order valence-electron chi connectivity index (χ1n) is 6.96. The molecule has 0 aromatic carbocycles. The van der Waals surface area contributed by atoms with Gasteiger partial charge in [0.05, 0.1) is 12.8 Å². The highest BCUT2D eigenvalue weighted by atomic mass is 16.5. The Kier molecular flexibility index (Phi) is 6.20. The minimum Gasteiger partial charge on any atom is -0.453 e. The molecule has 1 aromatic rings. The van der Waals surface area contributed by atoms with Gasteiger partial charge in [-0.25, -0.2) is 4.79 Å². The van der Waals surface area contributed by atoms with Gasteiger partial charge in [-0.3, -0.25) is 9.89 Å². The number of carbonyl (C=O) groups excluding carboxylic acids is 2. The molecule has 0 saturated heterocycles. The molecular formula is C14H24N4O3. The van der Waals surface area contributed by atoms with Crippen molar-refractivity contribution in [3.8, 4) is 0 Å². The van der Waals surface area contributed by atoms with Gasteiger partial charge in [0, 0.05) is 19.3 Å². The molecule has 2 amide bonds. The van der Waals surface area contributed by atoms with Crippen molar-refractivity contribution >= 4 is 12.0 Å². The summed E-state index contributed by atoms with van der Waals surface area (Å²) < 4.78 is 4.48. The van der Waals surface area contributed by atoms with Crippen LogP contribution in [-0.2, 0) is 16.0 Å². The van der Waals surface area contributed by atoms with Crippen LogP contribution in [0.3, 0.4) is 0 Å². The fourth-order valence-electron chi connectivity index (χ4n) is 2.17. The summed E-state index contributed by atoms with van der Waals surface area (Å²) in [5.41, 5.74) is 3.28. The number of nitrogens with one attached hydrogen (secondary N) is 2. The van der Waals surface area contributed by atoms with Crippen molar-refractivity contribution in [1.82, 2.24) is 20.4 Å². The lowest BCUT2D eigenvalue weighted by Crippen LogP contribution is -2.45. The number of H-pyrrole nitrogens is 1. The Labute approximate surface area is 125 Å². The second-order valence-corrected chi connectivity index (χ2v) is 5.13. The summed E-state index contributed by atoms with van der Waals surface area (Å²) in [6.45, 7) is 6.22. The molecule has 2 N–H and O–H groups in total. The highest BCUT2D eigenvalue weighted by Gasteiger charge is 2.19. The van der Waals surface area contributed by atoms with E-state index in [4.69, 9.17) is 0 Å². The standard InChI is InChI=1S/C14H24N4O3/c1-9-12(10(2)17-16-9)7-6-8-18(4)13(19)11(3)15-14(20)21-5/h11H,6-8H2,1-5H3,(H,15,20)(H,16,17)/t11-/m1/s1. The zero-order chi connectivity index (χ0) is 16.0. The first kappa shape index (κ1) is 17.0. The number of aryl methyl sites for hydroxylation is 2. The summed E-state index contributed by atoms with van der Waals surface area (Å²) >= 11 is 0. The maximum absolute atomic E-state index is 12.1. The molecule has 0 spiro atoms. The number of aromatic amines is 1. The van der Waals surface area contributed by atoms with Gasteiger partial charge in [-0.05, 0) is 39.2 Å². The second-order valence-electron chi connectivity index (χ2n) is 5.13. The van der Waals surface area contributed by atoms with E-state index in [9.17, 15) is 9.59 Å². The number of alkyl carbamates (subject to hydrolysis) is 1. The number of nitrogens with zero attached hydrogens (tertiary/aromatic N) is 2. The van der Waals surface area contributed by atoms with Gasteiger partial charge in [0.1, 0.15) is 6.04 Å². The van der Waals surface area contributed by atoms with Crippen molar-refractivity contribution in [3.63, 3.8) is 0 Å². The van der Waals surface area contributed by atoms with Gasteiger partial charge in [0.2, 0.25) is 5.91 Å². The van der Waals surface area contributed by atoms with Crippen molar-refractivity contribution in [2.75, 3.05) is 20.7 Å². The number of methoxy groups -OCH3 is 1. The molecule has 7 heteroatoms. The maximum Gasteiger partial charge on any atom is 0.407 e. The molecule has 0 bridgehead atoms. The number of ether oxygens (including phenoxy) is 1. The Morgan fingerprint density at radius 3 is 2.62 bits per heavy atom.